The Morgan fingerprint density at radius 3 is 2.13 bits per heavy atom. The van der Waals surface area contributed by atoms with Gasteiger partial charge in [-0.2, -0.15) is 5.10 Å². The number of carbonyl (C=O) groups excluding carboxylic acids is 2. The van der Waals surface area contributed by atoms with Crippen molar-refractivity contribution in [3.63, 3.8) is 0 Å². The number of nitrogens with one attached hydrogen (secondary N) is 2. The molecule has 0 atom stereocenters. The number of aromatic hydroxyl groups is 1. The summed E-state index contributed by atoms with van der Waals surface area (Å²) in [4.78, 5) is 24.8. The summed E-state index contributed by atoms with van der Waals surface area (Å²) in [6.45, 7) is 3.81. The van der Waals surface area contributed by atoms with E-state index in [-0.39, 0.29) is 17.6 Å². The lowest BCUT2D eigenvalue weighted by Gasteiger charge is -2.09. The number of phenols is 1. The zero-order valence-corrected chi connectivity index (χ0v) is 16.8. The van der Waals surface area contributed by atoms with E-state index in [2.05, 4.69) is 15.8 Å². The molecule has 0 saturated carbocycles. The zero-order chi connectivity index (χ0) is 21.5. The molecule has 0 heterocycles. The first-order valence-electron chi connectivity index (χ1n) is 9.61. The second-order valence-corrected chi connectivity index (χ2v) is 6.75. The molecule has 6 nitrogen and oxygen atoms in total. The molecule has 0 aromatic heterocycles. The number of aryl methyl sites for hydroxylation is 1. The Bertz CT molecular complexity index is 1070. The fraction of sp³-hybridized carbons (Fsp3) is 0.125. The van der Waals surface area contributed by atoms with Crippen LogP contribution in [0.4, 0.5) is 5.69 Å². The third kappa shape index (κ3) is 5.11. The molecule has 152 valence electrons. The van der Waals surface area contributed by atoms with Crippen molar-refractivity contribution >= 4 is 23.2 Å². The van der Waals surface area contributed by atoms with Crippen molar-refractivity contribution in [3.05, 3.63) is 95.1 Å². The molecular formula is C24H23N3O3. The Kier molecular flexibility index (Phi) is 6.60. The first-order valence-corrected chi connectivity index (χ1v) is 9.61. The van der Waals surface area contributed by atoms with Gasteiger partial charge in [0.05, 0.1) is 5.71 Å². The molecular weight excluding hydrogens is 378 g/mol. The van der Waals surface area contributed by atoms with Crippen LogP contribution in [0.1, 0.15) is 45.2 Å². The summed E-state index contributed by atoms with van der Waals surface area (Å²) in [6.07, 6.45) is 0.620. The zero-order valence-electron chi connectivity index (χ0n) is 16.8. The van der Waals surface area contributed by atoms with Gasteiger partial charge in [-0.1, -0.05) is 25.1 Å². The van der Waals surface area contributed by atoms with Gasteiger partial charge < -0.3 is 10.4 Å². The van der Waals surface area contributed by atoms with Crippen LogP contribution in [-0.4, -0.2) is 22.6 Å². The average molecular weight is 401 g/mol. The van der Waals surface area contributed by atoms with Crippen LogP contribution in [0.2, 0.25) is 0 Å². The molecule has 0 unspecified atom stereocenters. The highest BCUT2D eigenvalue weighted by Gasteiger charge is 2.10. The third-order valence-corrected chi connectivity index (χ3v) is 4.62. The fourth-order valence-corrected chi connectivity index (χ4v) is 2.92. The van der Waals surface area contributed by atoms with Crippen LogP contribution in [0.5, 0.6) is 5.75 Å². The maximum atomic E-state index is 12.4. The first-order chi connectivity index (χ1) is 14.5. The number of rotatable bonds is 6. The number of phenolic OH excluding ortho intramolecular Hbond substituents is 1. The largest absolute Gasteiger partial charge is 0.508 e. The Balaban J connectivity index is 1.65. The van der Waals surface area contributed by atoms with Gasteiger partial charge in [-0.25, -0.2) is 5.43 Å². The van der Waals surface area contributed by atoms with Gasteiger partial charge in [0.15, 0.2) is 0 Å². The molecule has 0 fully saturated rings. The molecule has 3 N–H and O–H groups in total. The molecule has 0 aliphatic rings. The summed E-state index contributed by atoms with van der Waals surface area (Å²) in [6, 6.07) is 20.6. The van der Waals surface area contributed by atoms with E-state index >= 15 is 0 Å². The normalized spacial score (nSPS) is 11.1. The van der Waals surface area contributed by atoms with Crippen LogP contribution in [0.3, 0.4) is 0 Å². The lowest BCUT2D eigenvalue weighted by molar-refractivity contribution is 0.0954. The van der Waals surface area contributed by atoms with Gasteiger partial charge in [0.1, 0.15) is 5.75 Å². The topological polar surface area (TPSA) is 90.8 Å². The predicted octanol–water partition coefficient (Wildman–Crippen LogP) is 4.50. The Hall–Kier alpha value is -3.93. The van der Waals surface area contributed by atoms with Crippen LogP contribution >= 0.6 is 0 Å². The molecule has 0 aliphatic carbocycles. The van der Waals surface area contributed by atoms with E-state index in [0.29, 0.717) is 28.9 Å². The molecule has 2 amide bonds. The Labute approximate surface area is 175 Å². The summed E-state index contributed by atoms with van der Waals surface area (Å²) in [7, 11) is 0. The van der Waals surface area contributed by atoms with E-state index in [1.54, 1.807) is 54.6 Å². The van der Waals surface area contributed by atoms with Gasteiger partial charge in [0.2, 0.25) is 0 Å². The van der Waals surface area contributed by atoms with Crippen LogP contribution < -0.4 is 10.7 Å². The molecule has 3 rings (SSSR count). The summed E-state index contributed by atoms with van der Waals surface area (Å²) in [5.41, 5.74) is 6.60. The molecule has 3 aromatic rings. The van der Waals surface area contributed by atoms with Crippen LogP contribution in [0.15, 0.2) is 77.9 Å². The number of hydrazone groups is 1. The highest BCUT2D eigenvalue weighted by Crippen LogP contribution is 2.14. The van der Waals surface area contributed by atoms with E-state index in [4.69, 9.17) is 0 Å². The van der Waals surface area contributed by atoms with Gasteiger partial charge in [-0.05, 0) is 79.1 Å². The number of anilines is 1. The van der Waals surface area contributed by atoms with Crippen LogP contribution in [-0.2, 0) is 0 Å². The predicted molar refractivity (Wildman–Crippen MR) is 118 cm³/mol. The number of amides is 2. The maximum absolute atomic E-state index is 12.4. The second kappa shape index (κ2) is 9.52. The van der Waals surface area contributed by atoms with Gasteiger partial charge in [0.25, 0.3) is 11.8 Å². The van der Waals surface area contributed by atoms with E-state index in [1.165, 1.54) is 0 Å². The number of hydrogen-bond donors (Lipinski definition) is 3. The summed E-state index contributed by atoms with van der Waals surface area (Å²) < 4.78 is 0. The lowest BCUT2D eigenvalue weighted by atomic mass is 10.1. The monoisotopic (exact) mass is 401 g/mol. The summed E-state index contributed by atoms with van der Waals surface area (Å²) in [5.74, 6) is -0.374. The standard InChI is InChI=1S/C24H23N3O3/c1-3-22(17-10-14-20(28)15-11-17)26-27-23(29)18-8-12-19(13-9-18)25-24(30)21-7-5-4-6-16(21)2/h4-15,28H,3H2,1-2H3,(H,25,30)(H,27,29)/b26-22+. The highest BCUT2D eigenvalue weighted by molar-refractivity contribution is 6.05. The van der Waals surface area contributed by atoms with Crippen molar-refractivity contribution in [2.75, 3.05) is 5.32 Å². The maximum Gasteiger partial charge on any atom is 0.271 e. The number of nitrogens with zero attached hydrogens (tertiary/aromatic N) is 1. The van der Waals surface area contributed by atoms with Crippen molar-refractivity contribution in [2.24, 2.45) is 5.10 Å². The molecule has 0 saturated heterocycles. The molecule has 0 aliphatic heterocycles. The van der Waals surface area contributed by atoms with Crippen molar-refractivity contribution in [2.45, 2.75) is 20.3 Å². The minimum atomic E-state index is -0.350. The SMILES string of the molecule is CC/C(=N\NC(=O)c1ccc(NC(=O)c2ccccc2C)cc1)c1ccc(O)cc1. The summed E-state index contributed by atoms with van der Waals surface area (Å²) in [5, 5.41) is 16.4. The second-order valence-electron chi connectivity index (χ2n) is 6.75. The third-order valence-electron chi connectivity index (χ3n) is 4.62. The van der Waals surface area contributed by atoms with Crippen LogP contribution in [0, 0.1) is 6.92 Å². The van der Waals surface area contributed by atoms with Crippen molar-refractivity contribution in [1.29, 1.82) is 0 Å². The average Bonchev–Trinajstić information content (AvgIpc) is 2.76. The van der Waals surface area contributed by atoms with E-state index < -0.39 is 0 Å². The molecule has 6 heteroatoms. The first kappa shape index (κ1) is 20.8. The molecule has 3 aromatic carbocycles. The quantitative estimate of drug-likeness (QED) is 0.420. The van der Waals surface area contributed by atoms with E-state index in [9.17, 15) is 14.7 Å². The van der Waals surface area contributed by atoms with Gasteiger partial charge in [0, 0.05) is 16.8 Å². The van der Waals surface area contributed by atoms with Crippen LogP contribution in [0.25, 0.3) is 0 Å². The molecule has 0 radical (unpaired) electrons. The van der Waals surface area contributed by atoms with Gasteiger partial charge in [-0.15, -0.1) is 0 Å². The van der Waals surface area contributed by atoms with Gasteiger partial charge in [-0.3, -0.25) is 9.59 Å². The van der Waals surface area contributed by atoms with Crippen molar-refractivity contribution in [1.82, 2.24) is 5.43 Å². The highest BCUT2D eigenvalue weighted by atomic mass is 16.3. The van der Waals surface area contributed by atoms with Crippen molar-refractivity contribution < 1.29 is 14.7 Å². The Morgan fingerprint density at radius 1 is 0.867 bits per heavy atom. The minimum absolute atomic E-state index is 0.174. The number of benzene rings is 3. The fourth-order valence-electron chi connectivity index (χ4n) is 2.92. The van der Waals surface area contributed by atoms with Crippen molar-refractivity contribution in [3.8, 4) is 5.75 Å². The minimum Gasteiger partial charge on any atom is -0.508 e. The lowest BCUT2D eigenvalue weighted by Crippen LogP contribution is -2.20. The van der Waals surface area contributed by atoms with Gasteiger partial charge >= 0.3 is 0 Å². The molecule has 30 heavy (non-hydrogen) atoms. The molecule has 0 spiro atoms. The van der Waals surface area contributed by atoms with E-state index in [0.717, 1.165) is 11.1 Å². The summed E-state index contributed by atoms with van der Waals surface area (Å²) >= 11 is 0. The number of hydrogen-bond acceptors (Lipinski definition) is 4. The molecule has 0 bridgehead atoms. The Morgan fingerprint density at radius 2 is 1.50 bits per heavy atom. The van der Waals surface area contributed by atoms with E-state index in [1.807, 2.05) is 32.0 Å². The number of carbonyl (C=O) groups is 2. The smallest absolute Gasteiger partial charge is 0.271 e.